The molecule has 0 radical (unpaired) electrons. The highest BCUT2D eigenvalue weighted by molar-refractivity contribution is 7.99. The van der Waals surface area contributed by atoms with Crippen LogP contribution in [0, 0.1) is 6.92 Å². The number of benzene rings is 2. The molecule has 7 nitrogen and oxygen atoms in total. The molecule has 0 aliphatic heterocycles. The first kappa shape index (κ1) is 23.7. The molecule has 0 fully saturated rings. The molecule has 0 saturated heterocycles. The van der Waals surface area contributed by atoms with Gasteiger partial charge in [-0.05, 0) is 48.4 Å². The van der Waals surface area contributed by atoms with Gasteiger partial charge in [-0.2, -0.15) is 0 Å². The SMILES string of the molecule is Cc1ccc(C(C)C)c(OCc2nnc(SCC(=O)NCCCc3ccccc3)n2N)c1. The molecule has 32 heavy (non-hydrogen) atoms. The Balaban J connectivity index is 1.44. The standard InChI is InChI=1S/C24H31N5O2S/c1-17(2)20-12-11-18(3)14-21(20)31-15-22-27-28-24(29(22)25)32-16-23(30)26-13-7-10-19-8-5-4-6-9-19/h4-6,8-9,11-12,14,17H,7,10,13,15-16,25H2,1-3H3,(H,26,30). The molecule has 0 aliphatic rings. The van der Waals surface area contributed by atoms with Gasteiger partial charge in [-0.1, -0.05) is 68.1 Å². The van der Waals surface area contributed by atoms with Crippen LogP contribution >= 0.6 is 11.8 Å². The lowest BCUT2D eigenvalue weighted by Crippen LogP contribution is -2.26. The van der Waals surface area contributed by atoms with Crippen LogP contribution in [0.4, 0.5) is 0 Å². The summed E-state index contributed by atoms with van der Waals surface area (Å²) in [6.45, 7) is 7.13. The van der Waals surface area contributed by atoms with Gasteiger partial charge in [-0.25, -0.2) is 4.68 Å². The molecular formula is C24H31N5O2S. The molecule has 0 bridgehead atoms. The number of nitrogens with zero attached hydrogens (tertiary/aromatic N) is 3. The molecule has 8 heteroatoms. The number of thioether (sulfide) groups is 1. The summed E-state index contributed by atoms with van der Waals surface area (Å²) in [7, 11) is 0. The molecule has 3 N–H and O–H groups in total. The normalized spacial score (nSPS) is 11.0. The Morgan fingerprint density at radius 3 is 2.72 bits per heavy atom. The third kappa shape index (κ3) is 6.75. The third-order valence-corrected chi connectivity index (χ3v) is 5.97. The van der Waals surface area contributed by atoms with Crippen molar-refractivity contribution in [2.24, 2.45) is 0 Å². The van der Waals surface area contributed by atoms with E-state index in [1.807, 2.05) is 31.2 Å². The smallest absolute Gasteiger partial charge is 0.230 e. The number of aryl methyl sites for hydroxylation is 2. The Bertz CT molecular complexity index is 1020. The highest BCUT2D eigenvalue weighted by Gasteiger charge is 2.14. The van der Waals surface area contributed by atoms with E-state index in [9.17, 15) is 4.79 Å². The second-order valence-corrected chi connectivity index (χ2v) is 8.92. The largest absolute Gasteiger partial charge is 0.485 e. The van der Waals surface area contributed by atoms with Crippen LogP contribution in [-0.2, 0) is 17.8 Å². The predicted octanol–water partition coefficient (Wildman–Crippen LogP) is 3.84. The second kappa shape index (κ2) is 11.6. The molecule has 3 aromatic rings. The Kier molecular flexibility index (Phi) is 8.56. The molecule has 1 aromatic heterocycles. The van der Waals surface area contributed by atoms with Crippen LogP contribution in [0.15, 0.2) is 53.7 Å². The summed E-state index contributed by atoms with van der Waals surface area (Å²) in [5, 5.41) is 11.6. The zero-order valence-electron chi connectivity index (χ0n) is 18.9. The van der Waals surface area contributed by atoms with E-state index in [2.05, 4.69) is 53.6 Å². The maximum atomic E-state index is 12.1. The lowest BCUT2D eigenvalue weighted by Gasteiger charge is -2.14. The van der Waals surface area contributed by atoms with E-state index >= 15 is 0 Å². The minimum Gasteiger partial charge on any atom is -0.485 e. The topological polar surface area (TPSA) is 95.1 Å². The number of ether oxygens (including phenoxy) is 1. The van der Waals surface area contributed by atoms with Gasteiger partial charge in [0.1, 0.15) is 12.4 Å². The van der Waals surface area contributed by atoms with Crippen LogP contribution in [0.5, 0.6) is 5.75 Å². The number of nitrogen functional groups attached to an aromatic ring is 1. The van der Waals surface area contributed by atoms with E-state index in [1.54, 1.807) is 0 Å². The van der Waals surface area contributed by atoms with E-state index in [4.69, 9.17) is 10.6 Å². The molecule has 0 unspecified atom stereocenters. The number of amides is 1. The summed E-state index contributed by atoms with van der Waals surface area (Å²) in [5.41, 5.74) is 3.54. The number of carbonyl (C=O) groups excluding carboxylic acids is 1. The highest BCUT2D eigenvalue weighted by atomic mass is 32.2. The van der Waals surface area contributed by atoms with Crippen molar-refractivity contribution in [2.75, 3.05) is 18.1 Å². The van der Waals surface area contributed by atoms with Gasteiger partial charge in [0, 0.05) is 6.54 Å². The summed E-state index contributed by atoms with van der Waals surface area (Å²) in [6.07, 6.45) is 1.83. The number of hydrogen-bond acceptors (Lipinski definition) is 6. The van der Waals surface area contributed by atoms with Crippen LogP contribution in [0.25, 0.3) is 0 Å². The molecule has 2 aromatic carbocycles. The zero-order chi connectivity index (χ0) is 22.9. The van der Waals surface area contributed by atoms with Gasteiger partial charge in [0.15, 0.2) is 5.82 Å². The fraction of sp³-hybridized carbons (Fsp3) is 0.375. The average Bonchev–Trinajstić information content (AvgIpc) is 3.13. The molecular weight excluding hydrogens is 422 g/mol. The number of carbonyl (C=O) groups is 1. The molecule has 170 valence electrons. The molecule has 0 atom stereocenters. The minimum atomic E-state index is -0.0507. The highest BCUT2D eigenvalue weighted by Crippen LogP contribution is 2.28. The van der Waals surface area contributed by atoms with Gasteiger partial charge in [-0.3, -0.25) is 4.79 Å². The Hall–Kier alpha value is -3.00. The van der Waals surface area contributed by atoms with Crippen molar-refractivity contribution in [3.8, 4) is 5.75 Å². The lowest BCUT2D eigenvalue weighted by atomic mass is 10.0. The van der Waals surface area contributed by atoms with Crippen molar-refractivity contribution in [2.45, 2.75) is 51.3 Å². The number of nitrogens with two attached hydrogens (primary N) is 1. The molecule has 0 spiro atoms. The predicted molar refractivity (Wildman–Crippen MR) is 128 cm³/mol. The number of nitrogens with one attached hydrogen (secondary N) is 1. The summed E-state index contributed by atoms with van der Waals surface area (Å²) >= 11 is 1.26. The van der Waals surface area contributed by atoms with Crippen LogP contribution in [0.3, 0.4) is 0 Å². The quantitative estimate of drug-likeness (QED) is 0.260. The van der Waals surface area contributed by atoms with E-state index in [1.165, 1.54) is 22.0 Å². The first-order valence-electron chi connectivity index (χ1n) is 10.8. The van der Waals surface area contributed by atoms with Crippen molar-refractivity contribution in [3.63, 3.8) is 0 Å². The van der Waals surface area contributed by atoms with Gasteiger partial charge in [0.05, 0.1) is 5.75 Å². The zero-order valence-corrected chi connectivity index (χ0v) is 19.7. The number of aromatic nitrogens is 3. The van der Waals surface area contributed by atoms with E-state index < -0.39 is 0 Å². The van der Waals surface area contributed by atoms with Crippen molar-refractivity contribution in [1.82, 2.24) is 20.2 Å². The van der Waals surface area contributed by atoms with Crippen LogP contribution < -0.4 is 15.9 Å². The van der Waals surface area contributed by atoms with Gasteiger partial charge >= 0.3 is 0 Å². The fourth-order valence-corrected chi connectivity index (χ4v) is 3.94. The van der Waals surface area contributed by atoms with Crippen molar-refractivity contribution in [3.05, 3.63) is 71.0 Å². The monoisotopic (exact) mass is 453 g/mol. The van der Waals surface area contributed by atoms with Crippen LogP contribution in [-0.4, -0.2) is 33.1 Å². The lowest BCUT2D eigenvalue weighted by molar-refractivity contribution is -0.118. The molecule has 0 saturated carbocycles. The summed E-state index contributed by atoms with van der Waals surface area (Å²) < 4.78 is 7.38. The Morgan fingerprint density at radius 1 is 1.19 bits per heavy atom. The fourth-order valence-electron chi connectivity index (χ4n) is 3.24. The van der Waals surface area contributed by atoms with Gasteiger partial charge in [0.2, 0.25) is 11.1 Å². The van der Waals surface area contributed by atoms with E-state index in [-0.39, 0.29) is 18.3 Å². The number of rotatable bonds is 11. The molecule has 0 aliphatic carbocycles. The van der Waals surface area contributed by atoms with Crippen LogP contribution in [0.2, 0.25) is 0 Å². The Labute approximate surface area is 193 Å². The molecule has 1 amide bonds. The third-order valence-electron chi connectivity index (χ3n) is 5.02. The molecule has 3 rings (SSSR count). The van der Waals surface area contributed by atoms with Crippen molar-refractivity contribution >= 4 is 17.7 Å². The number of hydrogen-bond donors (Lipinski definition) is 2. The maximum Gasteiger partial charge on any atom is 0.230 e. The van der Waals surface area contributed by atoms with Crippen molar-refractivity contribution < 1.29 is 9.53 Å². The maximum absolute atomic E-state index is 12.1. The summed E-state index contributed by atoms with van der Waals surface area (Å²) in [6, 6.07) is 16.4. The van der Waals surface area contributed by atoms with E-state index in [0.29, 0.717) is 23.4 Å². The van der Waals surface area contributed by atoms with E-state index in [0.717, 1.165) is 29.7 Å². The van der Waals surface area contributed by atoms with Crippen molar-refractivity contribution in [1.29, 1.82) is 0 Å². The van der Waals surface area contributed by atoms with Crippen LogP contribution in [0.1, 0.15) is 48.7 Å². The second-order valence-electron chi connectivity index (χ2n) is 7.98. The summed E-state index contributed by atoms with van der Waals surface area (Å²) in [4.78, 5) is 12.1. The first-order valence-corrected chi connectivity index (χ1v) is 11.8. The molecule has 1 heterocycles. The first-order chi connectivity index (χ1) is 15.4. The van der Waals surface area contributed by atoms with Gasteiger partial charge in [0.25, 0.3) is 0 Å². The Morgan fingerprint density at radius 2 is 1.97 bits per heavy atom. The minimum absolute atomic E-state index is 0.0507. The van der Waals surface area contributed by atoms with Gasteiger partial charge in [-0.15, -0.1) is 10.2 Å². The average molecular weight is 454 g/mol. The van der Waals surface area contributed by atoms with Gasteiger partial charge < -0.3 is 15.9 Å². The summed E-state index contributed by atoms with van der Waals surface area (Å²) in [5.74, 6) is 7.99.